The van der Waals surface area contributed by atoms with E-state index in [1.807, 2.05) is 6.92 Å². The standard InChI is InChI=1S/C27H28F4N4O3/c1-14-5-9-16(10-6-14)21-18-3-2-4-20(28)22(18)34-26(38)24(33-21)35-25(37)17(11-12-27(29,30)31)19(23(32)36)13-15-7-8-15/h2-6,9-10,15,17,19,24H,7-8,11-13H2,1H3,(H2,32,36)(H,34,38)(H,35,37)/t17-,19+,24-/m1/s1. The number of benzene rings is 2. The molecule has 11 heteroatoms. The first-order valence-corrected chi connectivity index (χ1v) is 12.3. The Morgan fingerprint density at radius 3 is 2.42 bits per heavy atom. The molecule has 1 aliphatic carbocycles. The summed E-state index contributed by atoms with van der Waals surface area (Å²) in [6.45, 7) is 1.87. The Labute approximate surface area is 216 Å². The molecule has 1 heterocycles. The summed E-state index contributed by atoms with van der Waals surface area (Å²) in [5, 5.41) is 4.84. The lowest BCUT2D eigenvalue weighted by Crippen LogP contribution is -2.48. The van der Waals surface area contributed by atoms with Gasteiger partial charge in [-0.15, -0.1) is 0 Å². The summed E-state index contributed by atoms with van der Waals surface area (Å²) >= 11 is 0. The van der Waals surface area contributed by atoms with Crippen LogP contribution in [0.1, 0.15) is 48.8 Å². The molecule has 4 rings (SSSR count). The Morgan fingerprint density at radius 2 is 1.82 bits per heavy atom. The molecule has 4 N–H and O–H groups in total. The normalized spacial score (nSPS) is 18.9. The van der Waals surface area contributed by atoms with Gasteiger partial charge in [-0.05, 0) is 31.7 Å². The van der Waals surface area contributed by atoms with Crippen LogP contribution in [0.5, 0.6) is 0 Å². The fourth-order valence-electron chi connectivity index (χ4n) is 4.60. The van der Waals surface area contributed by atoms with Gasteiger partial charge in [-0.3, -0.25) is 14.4 Å². The Hall–Kier alpha value is -3.76. The molecule has 2 aromatic carbocycles. The van der Waals surface area contributed by atoms with Crippen molar-refractivity contribution in [3.63, 3.8) is 0 Å². The number of nitrogens with zero attached hydrogens (tertiary/aromatic N) is 1. The van der Waals surface area contributed by atoms with Crippen molar-refractivity contribution in [2.75, 3.05) is 5.32 Å². The zero-order chi connectivity index (χ0) is 27.6. The second-order valence-electron chi connectivity index (χ2n) is 9.85. The summed E-state index contributed by atoms with van der Waals surface area (Å²) in [4.78, 5) is 43.0. The third kappa shape index (κ3) is 6.56. The van der Waals surface area contributed by atoms with Crippen molar-refractivity contribution in [3.8, 4) is 0 Å². The Bertz CT molecular complexity index is 1260. The number of nitrogens with one attached hydrogen (secondary N) is 2. The monoisotopic (exact) mass is 532 g/mol. The number of nitrogens with two attached hydrogens (primary N) is 1. The van der Waals surface area contributed by atoms with Crippen LogP contribution in [-0.4, -0.2) is 35.8 Å². The number of aryl methyl sites for hydroxylation is 1. The van der Waals surface area contributed by atoms with Gasteiger partial charge in [-0.25, -0.2) is 9.38 Å². The Kier molecular flexibility index (Phi) is 7.84. The molecule has 202 valence electrons. The molecule has 0 radical (unpaired) electrons. The van der Waals surface area contributed by atoms with E-state index in [0.717, 1.165) is 24.5 Å². The van der Waals surface area contributed by atoms with Crippen molar-refractivity contribution in [1.82, 2.24) is 5.32 Å². The number of hydrogen-bond acceptors (Lipinski definition) is 4. The van der Waals surface area contributed by atoms with E-state index in [1.165, 1.54) is 6.07 Å². The van der Waals surface area contributed by atoms with E-state index in [0.29, 0.717) is 5.56 Å². The molecule has 0 spiro atoms. The second-order valence-corrected chi connectivity index (χ2v) is 9.85. The molecule has 7 nitrogen and oxygen atoms in total. The van der Waals surface area contributed by atoms with Crippen molar-refractivity contribution in [3.05, 3.63) is 65.0 Å². The van der Waals surface area contributed by atoms with Gasteiger partial charge in [0.2, 0.25) is 18.0 Å². The van der Waals surface area contributed by atoms with E-state index in [1.54, 1.807) is 30.3 Å². The molecule has 0 bridgehead atoms. The summed E-state index contributed by atoms with van der Waals surface area (Å²) in [6.07, 6.45) is -6.33. The molecule has 0 aromatic heterocycles. The van der Waals surface area contributed by atoms with Gasteiger partial charge in [-0.1, -0.05) is 54.8 Å². The number of rotatable bonds is 9. The molecule has 3 atom stereocenters. The number of benzodiazepines with no additional fused rings is 1. The summed E-state index contributed by atoms with van der Waals surface area (Å²) in [7, 11) is 0. The topological polar surface area (TPSA) is 114 Å². The van der Waals surface area contributed by atoms with Crippen LogP contribution in [0.2, 0.25) is 0 Å². The number of anilines is 1. The molecule has 0 unspecified atom stereocenters. The number of fused-ring (bicyclic) bond motifs is 1. The van der Waals surface area contributed by atoms with Crippen molar-refractivity contribution in [2.24, 2.45) is 28.5 Å². The fourth-order valence-corrected chi connectivity index (χ4v) is 4.60. The number of hydrogen-bond donors (Lipinski definition) is 3. The van der Waals surface area contributed by atoms with Gasteiger partial charge in [0, 0.05) is 29.4 Å². The molecule has 2 aromatic rings. The average molecular weight is 533 g/mol. The first kappa shape index (κ1) is 27.3. The van der Waals surface area contributed by atoms with Crippen LogP contribution in [-0.2, 0) is 14.4 Å². The van der Waals surface area contributed by atoms with Gasteiger partial charge in [0.15, 0.2) is 0 Å². The van der Waals surface area contributed by atoms with Crippen molar-refractivity contribution >= 4 is 29.1 Å². The van der Waals surface area contributed by atoms with Gasteiger partial charge in [0.1, 0.15) is 5.82 Å². The number of alkyl halides is 3. The van der Waals surface area contributed by atoms with Gasteiger partial charge in [0.05, 0.1) is 11.4 Å². The zero-order valence-electron chi connectivity index (χ0n) is 20.6. The van der Waals surface area contributed by atoms with E-state index in [9.17, 15) is 31.9 Å². The summed E-state index contributed by atoms with van der Waals surface area (Å²) in [5.74, 6) is -5.85. The van der Waals surface area contributed by atoms with Gasteiger partial charge in [0.25, 0.3) is 5.91 Å². The summed E-state index contributed by atoms with van der Waals surface area (Å²) < 4.78 is 54.0. The fraction of sp³-hybridized carbons (Fsp3) is 0.407. The predicted molar refractivity (Wildman–Crippen MR) is 133 cm³/mol. The van der Waals surface area contributed by atoms with Gasteiger partial charge < -0.3 is 16.4 Å². The van der Waals surface area contributed by atoms with E-state index < -0.39 is 60.6 Å². The minimum Gasteiger partial charge on any atom is -0.369 e. The number of halogens is 4. The smallest absolute Gasteiger partial charge is 0.369 e. The first-order chi connectivity index (χ1) is 17.9. The quantitative estimate of drug-likeness (QED) is 0.420. The summed E-state index contributed by atoms with van der Waals surface area (Å²) in [5.41, 5.74) is 7.34. The number of aliphatic imine (C=N–C) groups is 1. The van der Waals surface area contributed by atoms with Crippen molar-refractivity contribution < 1.29 is 31.9 Å². The van der Waals surface area contributed by atoms with Crippen LogP contribution in [0.25, 0.3) is 0 Å². The van der Waals surface area contributed by atoms with E-state index >= 15 is 0 Å². The number of para-hydroxylation sites is 1. The highest BCUT2D eigenvalue weighted by Crippen LogP contribution is 2.39. The Balaban J connectivity index is 1.69. The molecule has 0 saturated heterocycles. The van der Waals surface area contributed by atoms with E-state index in [-0.39, 0.29) is 29.3 Å². The van der Waals surface area contributed by atoms with Crippen LogP contribution in [0, 0.1) is 30.5 Å². The van der Waals surface area contributed by atoms with Crippen LogP contribution < -0.4 is 16.4 Å². The molecule has 1 aliphatic heterocycles. The second kappa shape index (κ2) is 10.9. The number of carbonyl (C=O) groups is 3. The maximum atomic E-state index is 14.7. The minimum atomic E-state index is -4.56. The van der Waals surface area contributed by atoms with E-state index in [2.05, 4.69) is 15.6 Å². The number of amides is 3. The van der Waals surface area contributed by atoms with Crippen LogP contribution in [0.3, 0.4) is 0 Å². The molecule has 2 aliphatic rings. The third-order valence-corrected chi connectivity index (χ3v) is 6.84. The first-order valence-electron chi connectivity index (χ1n) is 12.3. The summed E-state index contributed by atoms with van der Waals surface area (Å²) in [6, 6.07) is 11.2. The largest absolute Gasteiger partial charge is 0.389 e. The predicted octanol–water partition coefficient (Wildman–Crippen LogP) is 4.23. The number of carbonyl (C=O) groups excluding carboxylic acids is 3. The zero-order valence-corrected chi connectivity index (χ0v) is 20.6. The van der Waals surface area contributed by atoms with Crippen molar-refractivity contribution in [1.29, 1.82) is 0 Å². The third-order valence-electron chi connectivity index (χ3n) is 6.84. The minimum absolute atomic E-state index is 0.110. The molecular formula is C27H28F4N4O3. The highest BCUT2D eigenvalue weighted by molar-refractivity contribution is 6.20. The maximum absolute atomic E-state index is 14.7. The number of primary amides is 1. The highest BCUT2D eigenvalue weighted by atomic mass is 19.4. The van der Waals surface area contributed by atoms with Crippen LogP contribution in [0.4, 0.5) is 23.2 Å². The average Bonchev–Trinajstić information content (AvgIpc) is 3.67. The highest BCUT2D eigenvalue weighted by Gasteiger charge is 2.41. The molecule has 1 fully saturated rings. The molecule has 38 heavy (non-hydrogen) atoms. The van der Waals surface area contributed by atoms with E-state index in [4.69, 9.17) is 5.73 Å². The molecule has 1 saturated carbocycles. The van der Waals surface area contributed by atoms with Gasteiger partial charge in [-0.2, -0.15) is 13.2 Å². The molecule has 3 amide bonds. The maximum Gasteiger partial charge on any atom is 0.389 e. The van der Waals surface area contributed by atoms with Gasteiger partial charge >= 0.3 is 6.18 Å². The lowest BCUT2D eigenvalue weighted by molar-refractivity contribution is -0.146. The van der Waals surface area contributed by atoms with Crippen LogP contribution >= 0.6 is 0 Å². The SMILES string of the molecule is Cc1ccc(C2=N[C@H](NC(=O)[C@H](CCC(F)(F)F)[C@H](CC3CC3)C(N)=O)C(=O)Nc3c(F)cccc32)cc1. The lowest BCUT2D eigenvalue weighted by Gasteiger charge is -2.26. The van der Waals surface area contributed by atoms with Crippen molar-refractivity contribution in [2.45, 2.75) is 51.4 Å². The lowest BCUT2D eigenvalue weighted by atomic mass is 9.83. The van der Waals surface area contributed by atoms with Crippen LogP contribution in [0.15, 0.2) is 47.5 Å². The molecular weight excluding hydrogens is 504 g/mol. The Morgan fingerprint density at radius 1 is 1.13 bits per heavy atom.